The third kappa shape index (κ3) is 6.79. The molecule has 1 heterocycles. The summed E-state index contributed by atoms with van der Waals surface area (Å²) in [4.78, 5) is 22.9. The Bertz CT molecular complexity index is 719. The van der Waals surface area contributed by atoms with Crippen LogP contribution in [0.3, 0.4) is 0 Å². The minimum absolute atomic E-state index is 0.0892. The molecule has 0 saturated carbocycles. The number of nitrogens with one attached hydrogen (secondary N) is 2. The van der Waals surface area contributed by atoms with Crippen LogP contribution in [0.1, 0.15) is 16.3 Å². The fraction of sp³-hybridized carbons (Fsp3) is 0.200. The largest absolute Gasteiger partial charge is 0.486 e. The molecule has 0 saturated heterocycles. The average molecular weight is 374 g/mol. The summed E-state index contributed by atoms with van der Waals surface area (Å²) in [6, 6.07) is 11.8. The number of carbonyl (C=O) groups is 2. The lowest BCUT2D eigenvalue weighted by atomic mass is 10.3. The smallest absolute Gasteiger partial charge is 0.442 e. The van der Waals surface area contributed by atoms with Gasteiger partial charge in [0.2, 0.25) is 5.91 Å². The SMILES string of the molecule is O=C(CSC(F)(F)F)NNC(=O)c1ccc(COc2ccccc2)o1. The Hall–Kier alpha value is -2.62. The molecule has 25 heavy (non-hydrogen) atoms. The summed E-state index contributed by atoms with van der Waals surface area (Å²) in [5.74, 6) is -1.77. The van der Waals surface area contributed by atoms with Crippen LogP contribution in [0.25, 0.3) is 0 Å². The summed E-state index contributed by atoms with van der Waals surface area (Å²) < 4.78 is 46.5. The Morgan fingerprint density at radius 1 is 1.08 bits per heavy atom. The second kappa shape index (κ2) is 8.47. The number of alkyl halides is 3. The second-order valence-corrected chi connectivity index (χ2v) is 5.64. The summed E-state index contributed by atoms with van der Waals surface area (Å²) in [6.07, 6.45) is 0. The van der Waals surface area contributed by atoms with Crippen molar-refractivity contribution in [2.75, 3.05) is 5.75 Å². The van der Waals surface area contributed by atoms with Crippen LogP contribution in [0.2, 0.25) is 0 Å². The zero-order valence-corrected chi connectivity index (χ0v) is 13.4. The van der Waals surface area contributed by atoms with Gasteiger partial charge < -0.3 is 9.15 Å². The van der Waals surface area contributed by atoms with Gasteiger partial charge in [0, 0.05) is 0 Å². The van der Waals surface area contributed by atoms with Crippen LogP contribution >= 0.6 is 11.8 Å². The molecule has 0 atom stereocenters. The lowest BCUT2D eigenvalue weighted by Crippen LogP contribution is -2.42. The van der Waals surface area contributed by atoms with Crippen molar-refractivity contribution in [3.8, 4) is 5.75 Å². The average Bonchev–Trinajstić information content (AvgIpc) is 3.05. The third-order valence-corrected chi connectivity index (χ3v) is 3.43. The summed E-state index contributed by atoms with van der Waals surface area (Å²) in [6.45, 7) is 0.0892. The fourth-order valence-electron chi connectivity index (χ4n) is 1.62. The number of hydrogen-bond acceptors (Lipinski definition) is 5. The molecule has 6 nitrogen and oxygen atoms in total. The Morgan fingerprint density at radius 3 is 2.48 bits per heavy atom. The van der Waals surface area contributed by atoms with Gasteiger partial charge in [0.25, 0.3) is 0 Å². The molecule has 0 spiro atoms. The summed E-state index contributed by atoms with van der Waals surface area (Å²) in [7, 11) is 0. The van der Waals surface area contributed by atoms with Crippen LogP contribution in [0, 0.1) is 0 Å². The number of halogens is 3. The van der Waals surface area contributed by atoms with Crippen molar-refractivity contribution in [2.24, 2.45) is 0 Å². The topological polar surface area (TPSA) is 80.6 Å². The number of benzene rings is 1. The van der Waals surface area contributed by atoms with E-state index in [0.717, 1.165) is 0 Å². The van der Waals surface area contributed by atoms with Gasteiger partial charge in [-0.1, -0.05) is 18.2 Å². The van der Waals surface area contributed by atoms with Gasteiger partial charge in [0.05, 0.1) is 5.75 Å². The molecule has 0 radical (unpaired) electrons. The lowest BCUT2D eigenvalue weighted by Gasteiger charge is -2.07. The Kier molecular flexibility index (Phi) is 6.34. The van der Waals surface area contributed by atoms with Gasteiger partial charge in [-0.3, -0.25) is 20.4 Å². The van der Waals surface area contributed by atoms with Gasteiger partial charge in [-0.2, -0.15) is 13.2 Å². The predicted octanol–water partition coefficient (Wildman–Crippen LogP) is 2.87. The number of rotatable bonds is 6. The van der Waals surface area contributed by atoms with Crippen LogP contribution in [0.15, 0.2) is 46.9 Å². The van der Waals surface area contributed by atoms with Crippen molar-refractivity contribution in [1.82, 2.24) is 10.9 Å². The van der Waals surface area contributed by atoms with E-state index in [1.165, 1.54) is 12.1 Å². The molecule has 2 N–H and O–H groups in total. The van der Waals surface area contributed by atoms with Gasteiger partial charge in [0.15, 0.2) is 5.76 Å². The van der Waals surface area contributed by atoms with E-state index < -0.39 is 34.8 Å². The fourth-order valence-corrected chi connectivity index (χ4v) is 1.99. The van der Waals surface area contributed by atoms with E-state index in [1.54, 1.807) is 24.3 Å². The first kappa shape index (κ1) is 18.7. The van der Waals surface area contributed by atoms with Gasteiger partial charge in [0.1, 0.15) is 18.1 Å². The van der Waals surface area contributed by atoms with Crippen molar-refractivity contribution in [3.05, 3.63) is 54.0 Å². The maximum atomic E-state index is 11.9. The zero-order chi connectivity index (χ0) is 18.3. The van der Waals surface area contributed by atoms with Crippen molar-refractivity contribution in [2.45, 2.75) is 12.1 Å². The van der Waals surface area contributed by atoms with Gasteiger partial charge in [-0.05, 0) is 36.0 Å². The highest BCUT2D eigenvalue weighted by Crippen LogP contribution is 2.29. The first-order chi connectivity index (χ1) is 11.8. The first-order valence-electron chi connectivity index (χ1n) is 6.90. The normalized spacial score (nSPS) is 11.0. The number of thioether (sulfide) groups is 1. The Morgan fingerprint density at radius 2 is 1.80 bits per heavy atom. The Labute approximate surface area is 144 Å². The van der Waals surface area contributed by atoms with Crippen LogP contribution in [0.5, 0.6) is 5.75 Å². The van der Waals surface area contributed by atoms with Crippen LogP contribution in [0.4, 0.5) is 13.2 Å². The number of hydrazine groups is 1. The number of hydrogen-bond donors (Lipinski definition) is 2. The number of furan rings is 1. The van der Waals surface area contributed by atoms with E-state index in [9.17, 15) is 22.8 Å². The molecule has 0 aliphatic rings. The van der Waals surface area contributed by atoms with Crippen molar-refractivity contribution < 1.29 is 31.9 Å². The molecule has 2 aromatic rings. The van der Waals surface area contributed by atoms with E-state index in [4.69, 9.17) is 9.15 Å². The zero-order valence-electron chi connectivity index (χ0n) is 12.6. The number of amides is 2. The quantitative estimate of drug-likeness (QED) is 0.760. The molecule has 0 unspecified atom stereocenters. The van der Waals surface area contributed by atoms with E-state index in [-0.39, 0.29) is 12.4 Å². The Balaban J connectivity index is 1.77. The standard InChI is InChI=1S/C15H13F3N2O4S/c16-15(17,18)25-9-13(21)19-20-14(22)12-7-6-11(24-12)8-23-10-4-2-1-3-5-10/h1-7H,8-9H2,(H,19,21)(H,20,22). The van der Waals surface area contributed by atoms with E-state index >= 15 is 0 Å². The third-order valence-electron chi connectivity index (χ3n) is 2.69. The summed E-state index contributed by atoms with van der Waals surface area (Å²) in [5, 5.41) is 0. The second-order valence-electron chi connectivity index (χ2n) is 4.60. The molecule has 0 aliphatic heterocycles. The molecular formula is C15H13F3N2O4S. The molecule has 1 aromatic carbocycles. The molecule has 2 rings (SSSR count). The maximum absolute atomic E-state index is 11.9. The van der Waals surface area contributed by atoms with Gasteiger partial charge in [-0.15, -0.1) is 0 Å². The van der Waals surface area contributed by atoms with Gasteiger partial charge >= 0.3 is 11.4 Å². The highest BCUT2D eigenvalue weighted by molar-refractivity contribution is 8.00. The van der Waals surface area contributed by atoms with E-state index in [2.05, 4.69) is 0 Å². The molecule has 0 aliphatic carbocycles. The van der Waals surface area contributed by atoms with Gasteiger partial charge in [-0.25, -0.2) is 0 Å². The van der Waals surface area contributed by atoms with Crippen molar-refractivity contribution in [3.63, 3.8) is 0 Å². The molecule has 10 heteroatoms. The van der Waals surface area contributed by atoms with Crippen LogP contribution in [-0.2, 0) is 11.4 Å². The number of carbonyl (C=O) groups excluding carboxylic acids is 2. The van der Waals surface area contributed by atoms with Crippen LogP contribution < -0.4 is 15.6 Å². The number of ether oxygens (including phenoxy) is 1. The minimum atomic E-state index is -4.52. The monoisotopic (exact) mass is 374 g/mol. The highest BCUT2D eigenvalue weighted by atomic mass is 32.2. The summed E-state index contributed by atoms with van der Waals surface area (Å²) >= 11 is -0.506. The lowest BCUT2D eigenvalue weighted by molar-refractivity contribution is -0.119. The minimum Gasteiger partial charge on any atom is -0.486 e. The molecule has 0 fully saturated rings. The van der Waals surface area contributed by atoms with E-state index in [1.807, 2.05) is 16.9 Å². The molecule has 134 valence electrons. The number of para-hydroxylation sites is 1. The maximum Gasteiger partial charge on any atom is 0.442 e. The van der Waals surface area contributed by atoms with Crippen molar-refractivity contribution >= 4 is 23.6 Å². The predicted molar refractivity (Wildman–Crippen MR) is 83.6 cm³/mol. The van der Waals surface area contributed by atoms with Crippen LogP contribution in [-0.4, -0.2) is 23.1 Å². The van der Waals surface area contributed by atoms with Crippen molar-refractivity contribution in [1.29, 1.82) is 0 Å². The highest BCUT2D eigenvalue weighted by Gasteiger charge is 2.29. The molecule has 2 amide bonds. The molecular weight excluding hydrogens is 361 g/mol. The van der Waals surface area contributed by atoms with E-state index in [0.29, 0.717) is 11.5 Å². The molecule has 0 bridgehead atoms. The molecule has 1 aromatic heterocycles. The first-order valence-corrected chi connectivity index (χ1v) is 7.88. The summed E-state index contributed by atoms with van der Waals surface area (Å²) in [5.41, 5.74) is -0.679.